The normalized spacial score (nSPS) is 14.8. The van der Waals surface area contributed by atoms with E-state index in [4.69, 9.17) is 44.3 Å². The number of fused-ring (bicyclic) bond motifs is 1. The lowest BCUT2D eigenvalue weighted by Gasteiger charge is -2.13. The number of benzene rings is 3. The fraction of sp³-hybridized carbons (Fsp3) is 0.129. The summed E-state index contributed by atoms with van der Waals surface area (Å²) < 4.78 is 15.7. The standard InChI is InChI=1S/C31H23Cl3N6O5S/c1-38-26-25(28(42)39(2)31(38)43)40(15-17-9-10-18(32)14-20(17)34)30(36-26)45-22-11-8-16(12-23(22)44-3)13-24-27(41)37-29(46-24)35-21-7-5-4-6-19(21)33/h4-14H,15H2,1-3H3,(H,35,37,41). The van der Waals surface area contributed by atoms with Gasteiger partial charge in [-0.05, 0) is 65.4 Å². The number of nitrogens with zero attached hydrogens (tertiary/aromatic N) is 5. The molecule has 234 valence electrons. The zero-order valence-corrected chi connectivity index (χ0v) is 27.5. The molecule has 0 bridgehead atoms. The number of hydrogen-bond donors (Lipinski definition) is 1. The lowest BCUT2D eigenvalue weighted by Crippen LogP contribution is -2.37. The molecule has 0 aliphatic carbocycles. The highest BCUT2D eigenvalue weighted by Gasteiger charge is 2.25. The van der Waals surface area contributed by atoms with Gasteiger partial charge in [0.25, 0.3) is 11.5 Å². The molecule has 15 heteroatoms. The molecule has 3 aromatic carbocycles. The van der Waals surface area contributed by atoms with Crippen LogP contribution in [0.4, 0.5) is 5.69 Å². The minimum Gasteiger partial charge on any atom is -0.493 e. The Balaban J connectivity index is 1.36. The highest BCUT2D eigenvalue weighted by Crippen LogP contribution is 2.36. The molecule has 1 aliphatic rings. The third-order valence-electron chi connectivity index (χ3n) is 7.07. The van der Waals surface area contributed by atoms with Gasteiger partial charge in [-0.15, -0.1) is 0 Å². The van der Waals surface area contributed by atoms with Gasteiger partial charge in [-0.25, -0.2) is 9.79 Å². The fourth-order valence-corrected chi connectivity index (χ4v) is 6.19. The number of amides is 1. The van der Waals surface area contributed by atoms with Crippen LogP contribution >= 0.6 is 46.6 Å². The van der Waals surface area contributed by atoms with Crippen LogP contribution in [-0.4, -0.2) is 36.9 Å². The van der Waals surface area contributed by atoms with E-state index < -0.39 is 11.2 Å². The molecule has 0 atom stereocenters. The first-order valence-electron chi connectivity index (χ1n) is 13.5. The van der Waals surface area contributed by atoms with Crippen LogP contribution in [0.5, 0.6) is 17.5 Å². The molecular weight excluding hydrogens is 675 g/mol. The van der Waals surface area contributed by atoms with E-state index in [0.29, 0.717) is 47.7 Å². The first kappa shape index (κ1) is 31.5. The van der Waals surface area contributed by atoms with Crippen LogP contribution in [0.1, 0.15) is 11.1 Å². The number of hydrogen-bond acceptors (Lipinski definition) is 8. The maximum atomic E-state index is 13.3. The van der Waals surface area contributed by atoms with E-state index in [1.807, 2.05) is 6.07 Å². The average molecular weight is 698 g/mol. The van der Waals surface area contributed by atoms with Gasteiger partial charge in [0, 0.05) is 24.1 Å². The van der Waals surface area contributed by atoms with Gasteiger partial charge in [0.15, 0.2) is 27.8 Å². The molecular formula is C31H23Cl3N6O5S. The third-order valence-corrected chi connectivity index (χ3v) is 8.88. The topological polar surface area (TPSA) is 122 Å². The van der Waals surface area contributed by atoms with E-state index in [0.717, 1.165) is 4.57 Å². The monoisotopic (exact) mass is 696 g/mol. The minimum absolute atomic E-state index is 0.0230. The average Bonchev–Trinajstić information content (AvgIpc) is 3.56. The number of carbonyl (C=O) groups is 1. The number of nitrogens with one attached hydrogen (secondary N) is 1. The summed E-state index contributed by atoms with van der Waals surface area (Å²) in [6.45, 7) is 0.0895. The van der Waals surface area contributed by atoms with Crippen molar-refractivity contribution in [2.75, 3.05) is 7.11 Å². The van der Waals surface area contributed by atoms with E-state index in [-0.39, 0.29) is 35.4 Å². The number of aliphatic imine (C=N–C) groups is 1. The third kappa shape index (κ3) is 6.04. The largest absolute Gasteiger partial charge is 0.493 e. The molecule has 1 saturated heterocycles. The van der Waals surface area contributed by atoms with Gasteiger partial charge in [-0.3, -0.25) is 23.3 Å². The summed E-state index contributed by atoms with van der Waals surface area (Å²) in [5.41, 5.74) is 1.02. The van der Waals surface area contributed by atoms with Crippen molar-refractivity contribution < 1.29 is 14.3 Å². The van der Waals surface area contributed by atoms with E-state index in [2.05, 4.69) is 15.3 Å². The minimum atomic E-state index is -0.552. The predicted octanol–water partition coefficient (Wildman–Crippen LogP) is 6.13. The van der Waals surface area contributed by atoms with Gasteiger partial charge in [0.1, 0.15) is 0 Å². The van der Waals surface area contributed by atoms with Crippen molar-refractivity contribution in [3.05, 3.63) is 113 Å². The SMILES string of the molecule is COc1cc(C=C2SC(=Nc3ccccc3Cl)NC2=O)ccc1Oc1nc2c(c(=O)n(C)c(=O)n2C)n1Cc1ccc(Cl)cc1Cl. The molecule has 1 amide bonds. The molecule has 0 radical (unpaired) electrons. The van der Waals surface area contributed by atoms with Gasteiger partial charge in [0.05, 0.1) is 29.3 Å². The molecule has 1 N–H and O–H groups in total. The predicted molar refractivity (Wildman–Crippen MR) is 181 cm³/mol. The van der Waals surface area contributed by atoms with Crippen molar-refractivity contribution in [3.63, 3.8) is 0 Å². The summed E-state index contributed by atoms with van der Waals surface area (Å²) in [6.07, 6.45) is 1.69. The second kappa shape index (κ2) is 12.7. The molecule has 0 saturated carbocycles. The Morgan fingerprint density at radius 2 is 1.74 bits per heavy atom. The van der Waals surface area contributed by atoms with Crippen LogP contribution in [0.15, 0.2) is 80.2 Å². The Labute approximate surface area is 280 Å². The Bertz CT molecular complexity index is 2240. The number of rotatable bonds is 7. The van der Waals surface area contributed by atoms with Crippen molar-refractivity contribution in [1.82, 2.24) is 24.0 Å². The molecule has 46 heavy (non-hydrogen) atoms. The highest BCUT2D eigenvalue weighted by atomic mass is 35.5. The summed E-state index contributed by atoms with van der Waals surface area (Å²) in [4.78, 5) is 48.1. The molecule has 2 aromatic heterocycles. The Morgan fingerprint density at radius 3 is 2.48 bits per heavy atom. The number of aromatic nitrogens is 4. The Morgan fingerprint density at radius 1 is 0.957 bits per heavy atom. The van der Waals surface area contributed by atoms with Crippen LogP contribution in [-0.2, 0) is 25.4 Å². The summed E-state index contributed by atoms with van der Waals surface area (Å²) >= 11 is 20.0. The Kier molecular flexibility index (Phi) is 8.71. The summed E-state index contributed by atoms with van der Waals surface area (Å²) in [6, 6.07) is 17.2. The Hall–Kier alpha value is -4.49. The zero-order valence-electron chi connectivity index (χ0n) is 24.4. The second-order valence-electron chi connectivity index (χ2n) is 10.0. The molecule has 11 nitrogen and oxygen atoms in total. The van der Waals surface area contributed by atoms with Crippen molar-refractivity contribution >= 4 is 80.6 Å². The van der Waals surface area contributed by atoms with Crippen molar-refractivity contribution in [3.8, 4) is 17.5 Å². The van der Waals surface area contributed by atoms with Gasteiger partial charge >= 0.3 is 11.7 Å². The zero-order chi connectivity index (χ0) is 32.7. The van der Waals surface area contributed by atoms with E-state index in [1.54, 1.807) is 65.2 Å². The number of methoxy groups -OCH3 is 1. The molecule has 1 fully saturated rings. The van der Waals surface area contributed by atoms with Crippen LogP contribution in [0.2, 0.25) is 15.1 Å². The van der Waals surface area contributed by atoms with E-state index in [9.17, 15) is 14.4 Å². The van der Waals surface area contributed by atoms with Crippen LogP contribution in [0, 0.1) is 0 Å². The van der Waals surface area contributed by atoms with Gasteiger partial charge in [-0.2, -0.15) is 4.98 Å². The number of imidazole rings is 1. The van der Waals surface area contributed by atoms with Crippen LogP contribution in [0.3, 0.4) is 0 Å². The fourth-order valence-electron chi connectivity index (χ4n) is 4.71. The molecule has 0 unspecified atom stereocenters. The number of para-hydroxylation sites is 1. The summed E-state index contributed by atoms with van der Waals surface area (Å²) in [7, 11) is 4.38. The summed E-state index contributed by atoms with van der Waals surface area (Å²) in [5.74, 6) is 0.291. The lowest BCUT2D eigenvalue weighted by molar-refractivity contribution is -0.115. The molecule has 0 spiro atoms. The first-order chi connectivity index (χ1) is 22.0. The summed E-state index contributed by atoms with van der Waals surface area (Å²) in [5, 5.41) is 4.45. The van der Waals surface area contributed by atoms with E-state index in [1.165, 1.54) is 37.5 Å². The van der Waals surface area contributed by atoms with Crippen LogP contribution in [0.25, 0.3) is 17.2 Å². The number of halogens is 3. The van der Waals surface area contributed by atoms with Gasteiger partial charge in [0.2, 0.25) is 0 Å². The quantitative estimate of drug-likeness (QED) is 0.203. The van der Waals surface area contributed by atoms with Crippen molar-refractivity contribution in [2.45, 2.75) is 6.54 Å². The number of ether oxygens (including phenoxy) is 2. The molecule has 6 rings (SSSR count). The van der Waals surface area contributed by atoms with Crippen molar-refractivity contribution in [2.24, 2.45) is 19.1 Å². The smallest absolute Gasteiger partial charge is 0.332 e. The number of amidine groups is 1. The number of thioether (sulfide) groups is 1. The molecule has 5 aromatic rings. The number of carbonyl (C=O) groups excluding carboxylic acids is 1. The highest BCUT2D eigenvalue weighted by molar-refractivity contribution is 8.18. The first-order valence-corrected chi connectivity index (χ1v) is 15.5. The van der Waals surface area contributed by atoms with Gasteiger partial charge in [-0.1, -0.05) is 59.1 Å². The van der Waals surface area contributed by atoms with Crippen molar-refractivity contribution in [1.29, 1.82) is 0 Å². The van der Waals surface area contributed by atoms with E-state index >= 15 is 0 Å². The maximum Gasteiger partial charge on any atom is 0.332 e. The van der Waals surface area contributed by atoms with Crippen LogP contribution < -0.4 is 26.0 Å². The molecule has 1 aliphatic heterocycles. The van der Waals surface area contributed by atoms with Gasteiger partial charge < -0.3 is 14.8 Å². The molecule has 3 heterocycles. The second-order valence-corrected chi connectivity index (χ2v) is 12.3. The lowest BCUT2D eigenvalue weighted by atomic mass is 10.2. The maximum absolute atomic E-state index is 13.3. The number of aryl methyl sites for hydroxylation is 1.